The van der Waals surface area contributed by atoms with E-state index in [0.29, 0.717) is 34.7 Å². The van der Waals surface area contributed by atoms with Gasteiger partial charge >= 0.3 is 0 Å². The predicted molar refractivity (Wildman–Crippen MR) is 151 cm³/mol. The molecular weight excluding hydrogens is 466 g/mol. The van der Waals surface area contributed by atoms with Crippen molar-refractivity contribution in [2.24, 2.45) is 0 Å². The SMILES string of the molecule is Cc1cc(C)c(CNC(=O)c2cc(C3=CC(C)(C)NC(C)(C)C3)nc(NCCN(C)C)c2C=N)c(=O)[nH]1. The van der Waals surface area contributed by atoms with Gasteiger partial charge in [-0.2, -0.15) is 0 Å². The molecule has 2 aromatic heterocycles. The molecule has 9 nitrogen and oxygen atoms in total. The number of aromatic amines is 1. The maximum absolute atomic E-state index is 13.5. The second-order valence-corrected chi connectivity index (χ2v) is 11.4. The lowest BCUT2D eigenvalue weighted by Crippen LogP contribution is -2.53. The summed E-state index contributed by atoms with van der Waals surface area (Å²) in [7, 11) is 3.97. The Morgan fingerprint density at radius 3 is 2.51 bits per heavy atom. The van der Waals surface area contributed by atoms with Crippen molar-refractivity contribution in [1.82, 2.24) is 25.5 Å². The van der Waals surface area contributed by atoms with Crippen molar-refractivity contribution in [2.75, 3.05) is 32.5 Å². The van der Waals surface area contributed by atoms with Gasteiger partial charge in [-0.15, -0.1) is 0 Å². The minimum atomic E-state index is -0.356. The molecule has 1 aliphatic rings. The highest BCUT2D eigenvalue weighted by molar-refractivity contribution is 6.05. The van der Waals surface area contributed by atoms with Crippen LogP contribution >= 0.6 is 0 Å². The van der Waals surface area contributed by atoms with E-state index in [9.17, 15) is 9.59 Å². The van der Waals surface area contributed by atoms with E-state index in [2.05, 4.69) is 59.6 Å². The van der Waals surface area contributed by atoms with E-state index in [1.165, 1.54) is 0 Å². The van der Waals surface area contributed by atoms with Gasteiger partial charge in [0.05, 0.1) is 11.3 Å². The molecule has 0 bridgehead atoms. The van der Waals surface area contributed by atoms with E-state index in [0.717, 1.165) is 36.0 Å². The van der Waals surface area contributed by atoms with Crippen LogP contribution in [-0.2, 0) is 6.54 Å². The van der Waals surface area contributed by atoms with Gasteiger partial charge in [-0.25, -0.2) is 4.98 Å². The van der Waals surface area contributed by atoms with Crippen LogP contribution in [0.4, 0.5) is 5.82 Å². The number of aryl methyl sites for hydroxylation is 2. The van der Waals surface area contributed by atoms with Crippen LogP contribution < -0.4 is 21.5 Å². The lowest BCUT2D eigenvalue weighted by molar-refractivity contribution is 0.0950. The molecule has 3 rings (SSSR count). The number of nitrogens with zero attached hydrogens (tertiary/aromatic N) is 2. The molecule has 0 aromatic carbocycles. The van der Waals surface area contributed by atoms with Gasteiger partial charge in [0, 0.05) is 53.7 Å². The Kier molecular flexibility index (Phi) is 8.39. The van der Waals surface area contributed by atoms with Crippen LogP contribution in [0.5, 0.6) is 0 Å². The Bertz CT molecular complexity index is 1270. The Morgan fingerprint density at radius 2 is 1.92 bits per heavy atom. The number of carbonyl (C=O) groups is 1. The largest absolute Gasteiger partial charge is 0.368 e. The molecule has 0 unspecified atom stereocenters. The minimum absolute atomic E-state index is 0.0887. The molecule has 0 radical (unpaired) electrons. The van der Waals surface area contributed by atoms with E-state index in [1.807, 2.05) is 34.0 Å². The number of likely N-dealkylation sites (N-methyl/N-ethyl adjacent to an activating group) is 1. The summed E-state index contributed by atoms with van der Waals surface area (Å²) in [4.78, 5) is 35.7. The summed E-state index contributed by atoms with van der Waals surface area (Å²) < 4.78 is 0. The molecule has 200 valence electrons. The molecule has 0 atom stereocenters. The third-order valence-corrected chi connectivity index (χ3v) is 6.38. The Balaban J connectivity index is 2.04. The summed E-state index contributed by atoms with van der Waals surface area (Å²) in [5.41, 5.74) is 4.01. The van der Waals surface area contributed by atoms with Crippen molar-refractivity contribution < 1.29 is 4.79 Å². The normalized spacial score (nSPS) is 16.3. The van der Waals surface area contributed by atoms with Gasteiger partial charge < -0.3 is 31.2 Å². The number of carbonyl (C=O) groups excluding carboxylic acids is 1. The molecule has 1 aliphatic heterocycles. The number of rotatable bonds is 9. The van der Waals surface area contributed by atoms with E-state index in [4.69, 9.17) is 10.4 Å². The average Bonchev–Trinajstić information content (AvgIpc) is 2.75. The van der Waals surface area contributed by atoms with Gasteiger partial charge in [0.1, 0.15) is 5.82 Å². The number of anilines is 1. The first kappa shape index (κ1) is 28.3. The van der Waals surface area contributed by atoms with Crippen LogP contribution in [0.15, 0.2) is 23.0 Å². The molecule has 2 aromatic rings. The lowest BCUT2D eigenvalue weighted by atomic mass is 9.82. The van der Waals surface area contributed by atoms with Crippen molar-refractivity contribution >= 4 is 23.5 Å². The van der Waals surface area contributed by atoms with Gasteiger partial charge in [-0.3, -0.25) is 9.59 Å². The number of pyridine rings is 2. The van der Waals surface area contributed by atoms with Gasteiger partial charge in [0.15, 0.2) is 0 Å². The number of H-pyrrole nitrogens is 1. The van der Waals surface area contributed by atoms with Gasteiger partial charge in [0.2, 0.25) is 0 Å². The monoisotopic (exact) mass is 507 g/mol. The number of nitrogens with one attached hydrogen (secondary N) is 5. The topological polar surface area (TPSA) is 126 Å². The maximum Gasteiger partial charge on any atom is 0.253 e. The van der Waals surface area contributed by atoms with E-state index in [-0.39, 0.29) is 29.1 Å². The highest BCUT2D eigenvalue weighted by Gasteiger charge is 2.33. The number of aromatic nitrogens is 2. The average molecular weight is 508 g/mol. The maximum atomic E-state index is 13.5. The summed E-state index contributed by atoms with van der Waals surface area (Å²) in [6.07, 6.45) is 4.06. The highest BCUT2D eigenvalue weighted by Crippen LogP contribution is 2.34. The van der Waals surface area contributed by atoms with Crippen LogP contribution in [0.25, 0.3) is 5.57 Å². The van der Waals surface area contributed by atoms with Crippen molar-refractivity contribution in [3.8, 4) is 0 Å². The van der Waals surface area contributed by atoms with Crippen molar-refractivity contribution in [3.63, 3.8) is 0 Å². The Morgan fingerprint density at radius 1 is 1.22 bits per heavy atom. The van der Waals surface area contributed by atoms with Gasteiger partial charge in [-0.1, -0.05) is 6.08 Å². The lowest BCUT2D eigenvalue weighted by Gasteiger charge is -2.41. The molecule has 0 aliphatic carbocycles. The van der Waals surface area contributed by atoms with Crippen LogP contribution in [0.1, 0.15) is 72.6 Å². The second-order valence-electron chi connectivity index (χ2n) is 11.4. The van der Waals surface area contributed by atoms with Crippen molar-refractivity contribution in [3.05, 3.63) is 62.2 Å². The quantitative estimate of drug-likeness (QED) is 0.332. The zero-order valence-electron chi connectivity index (χ0n) is 23.3. The van der Waals surface area contributed by atoms with Crippen LogP contribution in [0.2, 0.25) is 0 Å². The first-order valence-corrected chi connectivity index (χ1v) is 12.6. The third kappa shape index (κ3) is 7.14. The van der Waals surface area contributed by atoms with Crippen molar-refractivity contribution in [1.29, 1.82) is 5.41 Å². The molecule has 0 saturated heterocycles. The third-order valence-electron chi connectivity index (χ3n) is 6.38. The van der Waals surface area contributed by atoms with Crippen LogP contribution in [0, 0.1) is 19.3 Å². The molecule has 9 heteroatoms. The van der Waals surface area contributed by atoms with Crippen LogP contribution in [-0.4, -0.2) is 65.3 Å². The molecule has 0 fully saturated rings. The zero-order valence-corrected chi connectivity index (χ0v) is 23.3. The fourth-order valence-electron chi connectivity index (χ4n) is 5.03. The number of hydrogen-bond acceptors (Lipinski definition) is 7. The van der Waals surface area contributed by atoms with E-state index >= 15 is 0 Å². The molecule has 37 heavy (non-hydrogen) atoms. The smallest absolute Gasteiger partial charge is 0.253 e. The summed E-state index contributed by atoms with van der Waals surface area (Å²) in [5, 5.41) is 18.0. The molecule has 0 saturated carbocycles. The summed E-state index contributed by atoms with van der Waals surface area (Å²) in [5.74, 6) is 0.143. The Labute approximate surface area is 219 Å². The number of hydrogen-bond donors (Lipinski definition) is 5. The second kappa shape index (κ2) is 11.0. The first-order valence-electron chi connectivity index (χ1n) is 12.6. The molecular formula is C28H41N7O2. The molecule has 1 amide bonds. The zero-order chi connectivity index (χ0) is 27.5. The summed E-state index contributed by atoms with van der Waals surface area (Å²) in [6, 6.07) is 3.65. The molecule has 3 heterocycles. The fourth-order valence-corrected chi connectivity index (χ4v) is 5.03. The Hall–Kier alpha value is -3.30. The molecule has 5 N–H and O–H groups in total. The van der Waals surface area contributed by atoms with Crippen LogP contribution in [0.3, 0.4) is 0 Å². The van der Waals surface area contributed by atoms with E-state index in [1.54, 1.807) is 6.07 Å². The minimum Gasteiger partial charge on any atom is -0.368 e. The number of amides is 1. The van der Waals surface area contributed by atoms with Crippen molar-refractivity contribution in [2.45, 2.75) is 65.6 Å². The predicted octanol–water partition coefficient (Wildman–Crippen LogP) is 3.22. The summed E-state index contributed by atoms with van der Waals surface area (Å²) >= 11 is 0. The fraction of sp³-hybridized carbons (Fsp3) is 0.500. The standard InChI is InChI=1S/C28H41N7O2/c1-17-11-18(2)32-26(37)22(17)16-31-25(36)20-12-23(19-13-27(3,4)34-28(5,6)14-19)33-24(21(20)15-29)30-9-10-35(7)8/h11-13,15,29,34H,9-10,14,16H2,1-8H3,(H,30,33)(H,31,36)(H,32,37). The highest BCUT2D eigenvalue weighted by atomic mass is 16.1. The molecule has 0 spiro atoms. The summed E-state index contributed by atoms with van der Waals surface area (Å²) in [6.45, 7) is 13.7. The van der Waals surface area contributed by atoms with E-state index < -0.39 is 0 Å². The van der Waals surface area contributed by atoms with Gasteiger partial charge in [0.25, 0.3) is 11.5 Å². The van der Waals surface area contributed by atoms with Gasteiger partial charge in [-0.05, 0) is 85.3 Å². The first-order chi connectivity index (χ1) is 17.2.